The summed E-state index contributed by atoms with van der Waals surface area (Å²) in [5.74, 6) is -0.328. The lowest BCUT2D eigenvalue weighted by atomic mass is 9.88. The molecule has 1 saturated heterocycles. The molecule has 18 heavy (non-hydrogen) atoms. The highest BCUT2D eigenvalue weighted by Crippen LogP contribution is 2.33. The highest BCUT2D eigenvalue weighted by Gasteiger charge is 2.32. The van der Waals surface area contributed by atoms with Crippen molar-refractivity contribution in [1.82, 2.24) is 5.32 Å². The van der Waals surface area contributed by atoms with Crippen LogP contribution in [0.3, 0.4) is 0 Å². The highest BCUT2D eigenvalue weighted by molar-refractivity contribution is 5.31. The van der Waals surface area contributed by atoms with Gasteiger partial charge in [0.05, 0.1) is 13.2 Å². The topological polar surface area (TPSA) is 21.3 Å². The monoisotopic (exact) mass is 255 g/mol. The highest BCUT2D eigenvalue weighted by atomic mass is 19.1. The molecule has 1 aromatic carbocycles. The molecule has 0 bridgehead atoms. The van der Waals surface area contributed by atoms with Gasteiger partial charge in [-0.1, -0.05) is 6.07 Å². The summed E-state index contributed by atoms with van der Waals surface area (Å²) in [6.07, 6.45) is 0.333. The molecule has 1 N–H and O–H groups in total. The number of alkyl halides is 1. The van der Waals surface area contributed by atoms with Gasteiger partial charge in [0.25, 0.3) is 0 Å². The third-order valence-corrected chi connectivity index (χ3v) is 3.38. The molecule has 1 heterocycles. The van der Waals surface area contributed by atoms with Crippen LogP contribution in [0, 0.1) is 12.7 Å². The zero-order valence-electron chi connectivity index (χ0n) is 10.8. The van der Waals surface area contributed by atoms with Crippen molar-refractivity contribution in [3.05, 3.63) is 35.1 Å². The SMILES string of the molecule is Cc1cc(F)ccc1C(C)(F)CC1COCCN1. The maximum Gasteiger partial charge on any atom is 0.135 e. The molecule has 0 aliphatic carbocycles. The van der Waals surface area contributed by atoms with Crippen LogP contribution in [0.1, 0.15) is 24.5 Å². The van der Waals surface area contributed by atoms with Crippen LogP contribution in [0.2, 0.25) is 0 Å². The van der Waals surface area contributed by atoms with E-state index in [-0.39, 0.29) is 11.9 Å². The van der Waals surface area contributed by atoms with Crippen molar-refractivity contribution >= 4 is 0 Å². The molecular weight excluding hydrogens is 236 g/mol. The van der Waals surface area contributed by atoms with E-state index >= 15 is 0 Å². The van der Waals surface area contributed by atoms with Crippen LogP contribution in [-0.2, 0) is 10.4 Å². The average Bonchev–Trinajstić information content (AvgIpc) is 2.29. The van der Waals surface area contributed by atoms with Crippen molar-refractivity contribution in [2.24, 2.45) is 0 Å². The lowest BCUT2D eigenvalue weighted by Gasteiger charge is -2.31. The van der Waals surface area contributed by atoms with Gasteiger partial charge in [-0.05, 0) is 37.1 Å². The van der Waals surface area contributed by atoms with Gasteiger partial charge < -0.3 is 10.1 Å². The quantitative estimate of drug-likeness (QED) is 0.896. The Balaban J connectivity index is 2.13. The first kappa shape index (κ1) is 13.4. The summed E-state index contributed by atoms with van der Waals surface area (Å²) in [6.45, 7) is 5.24. The molecule has 2 nitrogen and oxygen atoms in total. The Morgan fingerprint density at radius 1 is 1.50 bits per heavy atom. The molecule has 1 aliphatic rings. The van der Waals surface area contributed by atoms with Gasteiger partial charge in [-0.2, -0.15) is 0 Å². The Kier molecular flexibility index (Phi) is 3.97. The zero-order chi connectivity index (χ0) is 13.2. The third kappa shape index (κ3) is 3.06. The van der Waals surface area contributed by atoms with E-state index in [1.165, 1.54) is 18.2 Å². The molecule has 0 saturated carbocycles. The number of morpholine rings is 1. The average molecular weight is 255 g/mol. The van der Waals surface area contributed by atoms with Gasteiger partial charge in [-0.25, -0.2) is 8.78 Å². The molecule has 1 aromatic rings. The minimum atomic E-state index is -1.48. The maximum atomic E-state index is 14.8. The molecule has 0 amide bonds. The van der Waals surface area contributed by atoms with Crippen molar-refractivity contribution in [3.63, 3.8) is 0 Å². The van der Waals surface area contributed by atoms with Crippen LogP contribution in [0.25, 0.3) is 0 Å². The summed E-state index contributed by atoms with van der Waals surface area (Å²) in [5, 5.41) is 3.24. The second-order valence-electron chi connectivity index (χ2n) is 5.09. The van der Waals surface area contributed by atoms with E-state index in [1.54, 1.807) is 13.8 Å². The van der Waals surface area contributed by atoms with E-state index in [0.717, 1.165) is 6.54 Å². The van der Waals surface area contributed by atoms with Crippen molar-refractivity contribution in [1.29, 1.82) is 0 Å². The minimum Gasteiger partial charge on any atom is -0.379 e. The molecule has 0 radical (unpaired) electrons. The van der Waals surface area contributed by atoms with Crippen LogP contribution in [0.5, 0.6) is 0 Å². The zero-order valence-corrected chi connectivity index (χ0v) is 10.8. The molecule has 100 valence electrons. The molecule has 2 unspecified atom stereocenters. The number of nitrogens with one attached hydrogen (secondary N) is 1. The van der Waals surface area contributed by atoms with Crippen LogP contribution >= 0.6 is 0 Å². The van der Waals surface area contributed by atoms with Gasteiger partial charge in [-0.15, -0.1) is 0 Å². The summed E-state index contributed by atoms with van der Waals surface area (Å²) in [7, 11) is 0. The fourth-order valence-corrected chi connectivity index (χ4v) is 2.54. The molecule has 2 atom stereocenters. The van der Waals surface area contributed by atoms with Gasteiger partial charge in [0.1, 0.15) is 11.5 Å². The summed E-state index contributed by atoms with van der Waals surface area (Å²) in [5.41, 5.74) is -0.274. The number of hydrogen-bond donors (Lipinski definition) is 1. The second kappa shape index (κ2) is 5.33. The van der Waals surface area contributed by atoms with Crippen molar-refractivity contribution < 1.29 is 13.5 Å². The number of ether oxygens (including phenoxy) is 1. The maximum absolute atomic E-state index is 14.8. The number of benzene rings is 1. The Labute approximate surface area is 106 Å². The third-order valence-electron chi connectivity index (χ3n) is 3.38. The minimum absolute atomic E-state index is 0.0122. The molecule has 0 aromatic heterocycles. The standard InChI is InChI=1S/C14H19F2NO/c1-10-7-11(15)3-4-13(10)14(2,16)8-12-9-18-6-5-17-12/h3-4,7,12,17H,5-6,8-9H2,1-2H3. The first-order valence-corrected chi connectivity index (χ1v) is 6.26. The predicted molar refractivity (Wildman–Crippen MR) is 66.8 cm³/mol. The van der Waals surface area contributed by atoms with Crippen molar-refractivity contribution in [2.45, 2.75) is 32.0 Å². The van der Waals surface area contributed by atoms with Crippen LogP contribution < -0.4 is 5.32 Å². The lowest BCUT2D eigenvalue weighted by Crippen LogP contribution is -2.44. The Hall–Kier alpha value is -1.00. The molecule has 1 fully saturated rings. The Morgan fingerprint density at radius 2 is 2.28 bits per heavy atom. The number of aryl methyl sites for hydroxylation is 1. The molecular formula is C14H19F2NO. The van der Waals surface area contributed by atoms with Crippen LogP contribution in [0.4, 0.5) is 8.78 Å². The van der Waals surface area contributed by atoms with Crippen LogP contribution in [-0.4, -0.2) is 25.8 Å². The predicted octanol–water partition coefficient (Wildman–Crippen LogP) is 2.70. The van der Waals surface area contributed by atoms with Gasteiger partial charge >= 0.3 is 0 Å². The fraction of sp³-hybridized carbons (Fsp3) is 0.571. The van der Waals surface area contributed by atoms with E-state index in [1.807, 2.05) is 0 Å². The fourth-order valence-electron chi connectivity index (χ4n) is 2.54. The van der Waals surface area contributed by atoms with E-state index in [4.69, 9.17) is 4.74 Å². The first-order valence-electron chi connectivity index (χ1n) is 6.26. The molecule has 4 heteroatoms. The number of rotatable bonds is 3. The first-order chi connectivity index (χ1) is 8.49. The van der Waals surface area contributed by atoms with E-state index < -0.39 is 5.67 Å². The molecule has 1 aliphatic heterocycles. The molecule has 0 spiro atoms. The number of hydrogen-bond acceptors (Lipinski definition) is 2. The van der Waals surface area contributed by atoms with Crippen molar-refractivity contribution in [3.8, 4) is 0 Å². The van der Waals surface area contributed by atoms with Crippen LogP contribution in [0.15, 0.2) is 18.2 Å². The van der Waals surface area contributed by atoms with Gasteiger partial charge in [0, 0.05) is 19.0 Å². The normalized spacial score (nSPS) is 23.7. The Morgan fingerprint density at radius 3 is 2.89 bits per heavy atom. The Bertz CT molecular complexity index is 414. The van der Waals surface area contributed by atoms with Gasteiger partial charge in [0.2, 0.25) is 0 Å². The largest absolute Gasteiger partial charge is 0.379 e. The van der Waals surface area contributed by atoms with E-state index in [2.05, 4.69) is 5.32 Å². The summed E-state index contributed by atoms with van der Waals surface area (Å²) < 4.78 is 33.1. The summed E-state index contributed by atoms with van der Waals surface area (Å²) in [4.78, 5) is 0. The van der Waals surface area contributed by atoms with E-state index in [0.29, 0.717) is 30.8 Å². The molecule has 2 rings (SSSR count). The smallest absolute Gasteiger partial charge is 0.135 e. The number of halogens is 2. The summed E-state index contributed by atoms with van der Waals surface area (Å²) in [6, 6.07) is 4.23. The van der Waals surface area contributed by atoms with E-state index in [9.17, 15) is 8.78 Å². The van der Waals surface area contributed by atoms with Crippen molar-refractivity contribution in [2.75, 3.05) is 19.8 Å². The van der Waals surface area contributed by atoms with Gasteiger partial charge in [-0.3, -0.25) is 0 Å². The lowest BCUT2D eigenvalue weighted by molar-refractivity contribution is 0.0473. The second-order valence-corrected chi connectivity index (χ2v) is 5.09. The van der Waals surface area contributed by atoms with Gasteiger partial charge in [0.15, 0.2) is 0 Å². The summed E-state index contributed by atoms with van der Waals surface area (Å²) >= 11 is 0.